The molecule has 1 saturated heterocycles. The van der Waals surface area contributed by atoms with Crippen LogP contribution >= 0.6 is 35.3 Å². The topological polar surface area (TPSA) is 46.2 Å². The summed E-state index contributed by atoms with van der Waals surface area (Å²) in [6.07, 6.45) is 2.03. The Morgan fingerprint density at radius 1 is 0.759 bits per heavy atom. The third kappa shape index (κ3) is 4.49. The molecule has 0 N–H and O–H groups in total. The average molecular weight is 455 g/mol. The summed E-state index contributed by atoms with van der Waals surface area (Å²) in [4.78, 5) is 1.02. The zero-order valence-corrected chi connectivity index (χ0v) is 19.9. The van der Waals surface area contributed by atoms with Crippen LogP contribution in [0.3, 0.4) is 0 Å². The van der Waals surface area contributed by atoms with Gasteiger partial charge in [-0.3, -0.25) is 0 Å². The van der Waals surface area contributed by atoms with Crippen LogP contribution in [0.1, 0.15) is 21.0 Å². The van der Waals surface area contributed by atoms with E-state index in [0.29, 0.717) is 22.5 Å². The van der Waals surface area contributed by atoms with Gasteiger partial charge in [0, 0.05) is 11.0 Å². The van der Waals surface area contributed by atoms with Gasteiger partial charge in [0.05, 0.1) is 45.0 Å². The van der Waals surface area contributed by atoms with Crippen LogP contribution in [-0.4, -0.2) is 47.6 Å². The SMILES string of the molecule is COc1cc([C@H]2CS[C@H](c3cc(OC)c(SC)c(OC)c3)S2)cc(OC)c1OC. The van der Waals surface area contributed by atoms with Gasteiger partial charge in [0.25, 0.3) is 0 Å². The monoisotopic (exact) mass is 454 g/mol. The quantitative estimate of drug-likeness (QED) is 0.473. The Kier molecular flexibility index (Phi) is 7.65. The predicted octanol–water partition coefficient (Wildman–Crippen LogP) is 5.67. The van der Waals surface area contributed by atoms with Crippen LogP contribution in [0.5, 0.6) is 28.7 Å². The Hall–Kier alpha value is -1.51. The van der Waals surface area contributed by atoms with Crippen LogP contribution in [0.4, 0.5) is 0 Å². The molecule has 0 radical (unpaired) electrons. The Bertz CT molecular complexity index is 739. The molecule has 1 aliphatic heterocycles. The molecule has 2 atom stereocenters. The van der Waals surface area contributed by atoms with Crippen molar-refractivity contribution in [1.29, 1.82) is 0 Å². The Morgan fingerprint density at radius 3 is 1.72 bits per heavy atom. The fourth-order valence-electron chi connectivity index (χ4n) is 3.28. The maximum Gasteiger partial charge on any atom is 0.203 e. The van der Waals surface area contributed by atoms with Crippen molar-refractivity contribution in [3.05, 3.63) is 35.4 Å². The number of ether oxygens (including phenoxy) is 5. The first-order valence-corrected chi connectivity index (χ1v) is 12.2. The predicted molar refractivity (Wildman–Crippen MR) is 123 cm³/mol. The van der Waals surface area contributed by atoms with Gasteiger partial charge in [-0.05, 0) is 41.6 Å². The summed E-state index contributed by atoms with van der Waals surface area (Å²) >= 11 is 5.46. The minimum absolute atomic E-state index is 0.290. The number of benzene rings is 2. The van der Waals surface area contributed by atoms with Crippen molar-refractivity contribution in [2.75, 3.05) is 47.6 Å². The average Bonchev–Trinajstić information content (AvgIpc) is 3.27. The number of hydrogen-bond donors (Lipinski definition) is 0. The van der Waals surface area contributed by atoms with Crippen molar-refractivity contribution >= 4 is 35.3 Å². The van der Waals surface area contributed by atoms with Gasteiger partial charge < -0.3 is 23.7 Å². The molecule has 1 heterocycles. The molecule has 3 rings (SSSR count). The van der Waals surface area contributed by atoms with Gasteiger partial charge in [-0.1, -0.05) is 0 Å². The lowest BCUT2D eigenvalue weighted by molar-refractivity contribution is 0.324. The molecule has 2 aromatic rings. The molecular formula is C21H26O5S3. The van der Waals surface area contributed by atoms with Crippen LogP contribution in [0.2, 0.25) is 0 Å². The highest BCUT2D eigenvalue weighted by Crippen LogP contribution is 2.58. The molecule has 8 heteroatoms. The van der Waals surface area contributed by atoms with Crippen LogP contribution in [-0.2, 0) is 0 Å². The molecule has 29 heavy (non-hydrogen) atoms. The molecule has 0 amide bonds. The summed E-state index contributed by atoms with van der Waals surface area (Å²) < 4.78 is 28.0. The lowest BCUT2D eigenvalue weighted by Gasteiger charge is -2.18. The third-order valence-corrected chi connectivity index (χ3v) is 8.86. The van der Waals surface area contributed by atoms with E-state index < -0.39 is 0 Å². The molecule has 0 aliphatic carbocycles. The highest BCUT2D eigenvalue weighted by atomic mass is 32.2. The van der Waals surface area contributed by atoms with E-state index in [1.54, 1.807) is 47.3 Å². The van der Waals surface area contributed by atoms with E-state index in [9.17, 15) is 0 Å². The van der Waals surface area contributed by atoms with E-state index >= 15 is 0 Å². The Morgan fingerprint density at radius 2 is 1.28 bits per heavy atom. The minimum atomic E-state index is 0.290. The van der Waals surface area contributed by atoms with E-state index in [4.69, 9.17) is 23.7 Å². The van der Waals surface area contributed by atoms with E-state index in [-0.39, 0.29) is 4.58 Å². The molecule has 0 unspecified atom stereocenters. The normalized spacial score (nSPS) is 18.4. The molecule has 158 valence electrons. The second-order valence-corrected chi connectivity index (χ2v) is 9.77. The van der Waals surface area contributed by atoms with E-state index in [1.807, 2.05) is 41.9 Å². The van der Waals surface area contributed by atoms with Crippen molar-refractivity contribution in [2.24, 2.45) is 0 Å². The van der Waals surface area contributed by atoms with Gasteiger partial charge in [0.1, 0.15) is 11.5 Å². The number of methoxy groups -OCH3 is 5. The third-order valence-electron chi connectivity index (χ3n) is 4.70. The fraction of sp³-hybridized carbons (Fsp3) is 0.429. The summed E-state index contributed by atoms with van der Waals surface area (Å²) in [6.45, 7) is 0. The fourth-order valence-corrected chi connectivity index (χ4v) is 7.22. The first-order valence-electron chi connectivity index (χ1n) is 8.97. The van der Waals surface area contributed by atoms with Crippen molar-refractivity contribution in [3.8, 4) is 28.7 Å². The van der Waals surface area contributed by atoms with Gasteiger partial charge in [-0.25, -0.2) is 0 Å². The molecule has 1 fully saturated rings. The lowest BCUT2D eigenvalue weighted by Crippen LogP contribution is -1.99. The molecule has 0 saturated carbocycles. The highest BCUT2D eigenvalue weighted by Gasteiger charge is 2.31. The van der Waals surface area contributed by atoms with Gasteiger partial charge in [-0.2, -0.15) is 0 Å². The second-order valence-electron chi connectivity index (χ2n) is 6.21. The lowest BCUT2D eigenvalue weighted by atomic mass is 10.1. The first-order chi connectivity index (χ1) is 14.1. The maximum absolute atomic E-state index is 5.61. The molecule has 5 nitrogen and oxygen atoms in total. The largest absolute Gasteiger partial charge is 0.495 e. The Balaban J connectivity index is 1.89. The summed E-state index contributed by atoms with van der Waals surface area (Å²) in [5.41, 5.74) is 2.36. The van der Waals surface area contributed by atoms with E-state index in [0.717, 1.165) is 22.1 Å². The number of hydrogen-bond acceptors (Lipinski definition) is 8. The highest BCUT2D eigenvalue weighted by molar-refractivity contribution is 8.19. The Labute approximate surface area is 185 Å². The summed E-state index contributed by atoms with van der Waals surface area (Å²) in [6, 6.07) is 8.33. The van der Waals surface area contributed by atoms with Gasteiger partial charge in [0.15, 0.2) is 11.5 Å². The zero-order valence-electron chi connectivity index (χ0n) is 17.4. The van der Waals surface area contributed by atoms with Crippen molar-refractivity contribution in [3.63, 3.8) is 0 Å². The van der Waals surface area contributed by atoms with Crippen LogP contribution in [0.25, 0.3) is 0 Å². The summed E-state index contributed by atoms with van der Waals surface area (Å²) in [5, 5.41) is 0.316. The van der Waals surface area contributed by atoms with Crippen molar-refractivity contribution in [2.45, 2.75) is 14.7 Å². The molecule has 1 aliphatic rings. The maximum atomic E-state index is 5.61. The van der Waals surface area contributed by atoms with E-state index in [1.165, 1.54) is 11.1 Å². The van der Waals surface area contributed by atoms with Gasteiger partial charge >= 0.3 is 0 Å². The van der Waals surface area contributed by atoms with Crippen molar-refractivity contribution in [1.82, 2.24) is 0 Å². The van der Waals surface area contributed by atoms with E-state index in [2.05, 4.69) is 12.1 Å². The summed E-state index contributed by atoms with van der Waals surface area (Å²) in [7, 11) is 8.31. The van der Waals surface area contributed by atoms with Crippen LogP contribution in [0.15, 0.2) is 29.2 Å². The summed E-state index contributed by atoms with van der Waals surface area (Å²) in [5.74, 6) is 4.68. The van der Waals surface area contributed by atoms with Crippen molar-refractivity contribution < 1.29 is 23.7 Å². The van der Waals surface area contributed by atoms with Crippen LogP contribution < -0.4 is 23.7 Å². The zero-order chi connectivity index (χ0) is 21.0. The molecular weight excluding hydrogens is 428 g/mol. The number of rotatable bonds is 8. The smallest absolute Gasteiger partial charge is 0.203 e. The molecule has 0 bridgehead atoms. The number of thioether (sulfide) groups is 3. The minimum Gasteiger partial charge on any atom is -0.495 e. The molecule has 0 spiro atoms. The van der Waals surface area contributed by atoms with Gasteiger partial charge in [-0.15, -0.1) is 35.3 Å². The standard InChI is InChI=1S/C21H26O5S3/c1-22-14-7-12(8-15(23-2)19(14)26-5)18-11-28-21(29-18)13-9-16(24-3)20(27-6)17(10-13)25-4/h7-10,18,21H,11H2,1-6H3/t18-,21+/m1/s1. The molecule has 0 aromatic heterocycles. The van der Waals surface area contributed by atoms with Crippen LogP contribution in [0, 0.1) is 0 Å². The second kappa shape index (κ2) is 10.00. The first kappa shape index (κ1) is 22.2. The van der Waals surface area contributed by atoms with Gasteiger partial charge in [0.2, 0.25) is 5.75 Å². The molecule has 2 aromatic carbocycles.